The number of phenolic OH excluding ortho intramolecular Hbond substituents is 1. The smallest absolute Gasteiger partial charge is 0.253 e. The van der Waals surface area contributed by atoms with E-state index in [9.17, 15) is 14.7 Å². The van der Waals surface area contributed by atoms with Crippen molar-refractivity contribution in [2.45, 2.75) is 49.5 Å². The number of benzene rings is 1. The number of phenols is 1. The second-order valence-corrected chi connectivity index (χ2v) is 10.1. The molecule has 168 valence electrons. The van der Waals surface area contributed by atoms with E-state index < -0.39 is 10.9 Å². The van der Waals surface area contributed by atoms with Crippen LogP contribution in [-0.4, -0.2) is 53.1 Å². The predicted molar refractivity (Wildman–Crippen MR) is 128 cm³/mol. The van der Waals surface area contributed by atoms with E-state index in [0.717, 1.165) is 58.3 Å². The minimum Gasteiger partial charge on any atom is -0.505 e. The minimum absolute atomic E-state index is 0.0125. The van der Waals surface area contributed by atoms with E-state index >= 15 is 0 Å². The second kappa shape index (κ2) is 9.02. The summed E-state index contributed by atoms with van der Waals surface area (Å²) >= 11 is 7.79. The molecular formula is C22H29ClN4O3S. The van der Waals surface area contributed by atoms with Crippen molar-refractivity contribution in [1.29, 1.82) is 0 Å². The van der Waals surface area contributed by atoms with Crippen molar-refractivity contribution in [1.82, 2.24) is 9.21 Å². The molecular weight excluding hydrogens is 436 g/mol. The van der Waals surface area contributed by atoms with Gasteiger partial charge in [0.2, 0.25) is 0 Å². The summed E-state index contributed by atoms with van der Waals surface area (Å²) in [5.74, 6) is -0.0125. The number of hydrogen-bond acceptors (Lipinski definition) is 8. The van der Waals surface area contributed by atoms with Crippen LogP contribution in [0.25, 0.3) is 0 Å². The molecule has 1 heterocycles. The largest absolute Gasteiger partial charge is 0.505 e. The average Bonchev–Trinajstić information content (AvgIpc) is 3.25. The van der Waals surface area contributed by atoms with Gasteiger partial charge in [-0.15, -0.1) is 0 Å². The number of hydrogen-bond donors (Lipinski definition) is 3. The van der Waals surface area contributed by atoms with Gasteiger partial charge >= 0.3 is 0 Å². The van der Waals surface area contributed by atoms with E-state index in [1.165, 1.54) is 11.9 Å². The molecule has 1 aliphatic heterocycles. The zero-order chi connectivity index (χ0) is 22.2. The molecule has 1 aliphatic carbocycles. The molecule has 0 radical (unpaired) electrons. The van der Waals surface area contributed by atoms with E-state index in [1.54, 1.807) is 12.1 Å². The van der Waals surface area contributed by atoms with E-state index in [2.05, 4.69) is 33.8 Å². The van der Waals surface area contributed by atoms with Crippen LogP contribution in [0.15, 0.2) is 26.6 Å². The third-order valence-corrected chi connectivity index (χ3v) is 8.21. The van der Waals surface area contributed by atoms with Crippen LogP contribution in [0.5, 0.6) is 5.75 Å². The standard InChI is InChI=1S/C22H29ClN4O3S/c1-3-22(8-4-5-9-22)25-17-16(19(29)20(17)30)24-15-7-6-14(23)21(18(15)28)31-27-12-10-26(2)11-13-27/h6-7,24-25,28H,3-5,8-13H2,1-2H3. The number of likely N-dealkylation sites (N-methyl/N-ethyl adjacent to an activating group) is 1. The Hall–Kier alpha value is -1.74. The van der Waals surface area contributed by atoms with Crippen LogP contribution in [0.4, 0.5) is 17.1 Å². The SMILES string of the molecule is CCC1(Nc2c(Nc3ccc(Cl)c(SN4CCN(C)CC4)c3O)c(=O)c2=O)CCCC1. The molecule has 2 fully saturated rings. The first-order valence-electron chi connectivity index (χ1n) is 10.8. The monoisotopic (exact) mass is 464 g/mol. The number of nitrogens with one attached hydrogen (secondary N) is 2. The van der Waals surface area contributed by atoms with Crippen molar-refractivity contribution in [2.24, 2.45) is 0 Å². The van der Waals surface area contributed by atoms with Gasteiger partial charge in [0.15, 0.2) is 5.75 Å². The van der Waals surface area contributed by atoms with E-state index in [-0.39, 0.29) is 17.0 Å². The summed E-state index contributed by atoms with van der Waals surface area (Å²) < 4.78 is 2.17. The number of anilines is 3. The van der Waals surface area contributed by atoms with Crippen molar-refractivity contribution < 1.29 is 5.11 Å². The lowest BCUT2D eigenvalue weighted by Gasteiger charge is -2.32. The molecule has 0 atom stereocenters. The Bertz CT molecular complexity index is 1020. The third-order valence-electron chi connectivity index (χ3n) is 6.56. The highest BCUT2D eigenvalue weighted by atomic mass is 35.5. The Morgan fingerprint density at radius 1 is 1.10 bits per heavy atom. The van der Waals surface area contributed by atoms with Gasteiger partial charge in [-0.25, -0.2) is 4.31 Å². The lowest BCUT2D eigenvalue weighted by molar-refractivity contribution is 0.233. The van der Waals surface area contributed by atoms with E-state index in [1.807, 2.05) is 0 Å². The molecule has 7 nitrogen and oxygen atoms in total. The first-order chi connectivity index (χ1) is 14.8. The Kier molecular flexibility index (Phi) is 6.53. The minimum atomic E-state index is -0.561. The lowest BCUT2D eigenvalue weighted by Crippen LogP contribution is -2.43. The van der Waals surface area contributed by atoms with Crippen LogP contribution in [0.2, 0.25) is 5.02 Å². The zero-order valence-corrected chi connectivity index (χ0v) is 19.5. The molecule has 3 N–H and O–H groups in total. The lowest BCUT2D eigenvalue weighted by atomic mass is 9.93. The molecule has 1 saturated carbocycles. The molecule has 2 aromatic carbocycles. The first kappa shape index (κ1) is 22.5. The van der Waals surface area contributed by atoms with Gasteiger partial charge in [0.1, 0.15) is 11.4 Å². The Morgan fingerprint density at radius 3 is 2.39 bits per heavy atom. The number of piperazine rings is 1. The fourth-order valence-electron chi connectivity index (χ4n) is 4.39. The molecule has 2 aliphatic rings. The summed E-state index contributed by atoms with van der Waals surface area (Å²) in [7, 11) is 2.08. The second-order valence-electron chi connectivity index (χ2n) is 8.60. The van der Waals surface area contributed by atoms with E-state index in [4.69, 9.17) is 11.6 Å². The van der Waals surface area contributed by atoms with Gasteiger partial charge in [0.05, 0.1) is 15.6 Å². The van der Waals surface area contributed by atoms with Gasteiger partial charge < -0.3 is 20.6 Å². The van der Waals surface area contributed by atoms with Gasteiger partial charge in [0, 0.05) is 31.7 Å². The van der Waals surface area contributed by atoms with Gasteiger partial charge in [-0.05, 0) is 50.4 Å². The van der Waals surface area contributed by atoms with Gasteiger partial charge in [0.25, 0.3) is 10.9 Å². The molecule has 0 spiro atoms. The number of nitrogens with zero attached hydrogens (tertiary/aromatic N) is 2. The Labute approximate surface area is 191 Å². The van der Waals surface area contributed by atoms with Crippen LogP contribution < -0.4 is 21.5 Å². The molecule has 0 bridgehead atoms. The number of halogens is 1. The molecule has 0 unspecified atom stereocenters. The molecule has 31 heavy (non-hydrogen) atoms. The number of rotatable bonds is 7. The van der Waals surface area contributed by atoms with Gasteiger partial charge in [-0.3, -0.25) is 9.59 Å². The van der Waals surface area contributed by atoms with E-state index in [0.29, 0.717) is 21.3 Å². The summed E-state index contributed by atoms with van der Waals surface area (Å²) in [5.41, 5.74) is -0.275. The molecule has 0 amide bonds. The summed E-state index contributed by atoms with van der Waals surface area (Å²) in [6.07, 6.45) is 5.09. The average molecular weight is 465 g/mol. The Balaban J connectivity index is 1.56. The van der Waals surface area contributed by atoms with Gasteiger partial charge in [-0.1, -0.05) is 31.4 Å². The third kappa shape index (κ3) is 4.44. The molecule has 9 heteroatoms. The fraction of sp³-hybridized carbons (Fsp3) is 0.545. The summed E-state index contributed by atoms with van der Waals surface area (Å²) in [4.78, 5) is 27.4. The zero-order valence-electron chi connectivity index (χ0n) is 18.0. The molecule has 2 aromatic rings. The van der Waals surface area contributed by atoms with Crippen molar-refractivity contribution >= 4 is 40.6 Å². The molecule has 1 saturated heterocycles. The highest BCUT2D eigenvalue weighted by Crippen LogP contribution is 2.43. The van der Waals surface area contributed by atoms with Crippen LogP contribution in [0.3, 0.4) is 0 Å². The van der Waals surface area contributed by atoms with Crippen molar-refractivity contribution in [2.75, 3.05) is 43.9 Å². The predicted octanol–water partition coefficient (Wildman–Crippen LogP) is 3.77. The molecule has 0 aromatic heterocycles. The molecule has 4 rings (SSSR count). The summed E-state index contributed by atoms with van der Waals surface area (Å²) in [5, 5.41) is 17.7. The first-order valence-corrected chi connectivity index (χ1v) is 12.0. The van der Waals surface area contributed by atoms with Crippen LogP contribution in [0.1, 0.15) is 39.0 Å². The quantitative estimate of drug-likeness (QED) is 0.324. The van der Waals surface area contributed by atoms with Crippen LogP contribution >= 0.6 is 23.5 Å². The maximum atomic E-state index is 12.3. The maximum Gasteiger partial charge on any atom is 0.253 e. The van der Waals surface area contributed by atoms with Gasteiger partial charge in [-0.2, -0.15) is 0 Å². The van der Waals surface area contributed by atoms with Crippen LogP contribution in [-0.2, 0) is 0 Å². The maximum absolute atomic E-state index is 12.3. The van der Waals surface area contributed by atoms with Crippen molar-refractivity contribution in [3.8, 4) is 5.75 Å². The highest BCUT2D eigenvalue weighted by molar-refractivity contribution is 7.97. The normalized spacial score (nSPS) is 19.7. The fourth-order valence-corrected chi connectivity index (χ4v) is 5.60. The number of aromatic hydroxyl groups is 1. The Morgan fingerprint density at radius 2 is 1.74 bits per heavy atom. The van der Waals surface area contributed by atoms with Crippen molar-refractivity contribution in [3.63, 3.8) is 0 Å². The summed E-state index contributed by atoms with van der Waals surface area (Å²) in [6, 6.07) is 3.34. The summed E-state index contributed by atoms with van der Waals surface area (Å²) in [6.45, 7) is 5.71. The topological polar surface area (TPSA) is 84.9 Å². The van der Waals surface area contributed by atoms with Crippen LogP contribution in [0, 0.1) is 0 Å². The van der Waals surface area contributed by atoms with Crippen molar-refractivity contribution in [3.05, 3.63) is 37.6 Å². The highest BCUT2D eigenvalue weighted by Gasteiger charge is 2.35.